The van der Waals surface area contributed by atoms with E-state index in [-0.39, 0.29) is 24.2 Å². The van der Waals surface area contributed by atoms with Crippen LogP contribution in [-0.4, -0.2) is 69.8 Å². The molecule has 7 nitrogen and oxygen atoms in total. The van der Waals surface area contributed by atoms with Crippen molar-refractivity contribution in [3.05, 3.63) is 24.3 Å². The number of carbonyl (C=O) groups excluding carboxylic acids is 2. The fourth-order valence-corrected chi connectivity index (χ4v) is 3.20. The Balaban J connectivity index is 1.48. The summed E-state index contributed by atoms with van der Waals surface area (Å²) >= 11 is 0. The molecule has 7 heteroatoms. The molecule has 2 fully saturated rings. The van der Waals surface area contributed by atoms with Gasteiger partial charge in [-0.25, -0.2) is 0 Å². The van der Waals surface area contributed by atoms with Crippen LogP contribution in [0.5, 0.6) is 5.75 Å². The van der Waals surface area contributed by atoms with Gasteiger partial charge < -0.3 is 19.7 Å². The third-order valence-electron chi connectivity index (χ3n) is 4.71. The summed E-state index contributed by atoms with van der Waals surface area (Å²) in [5, 5.41) is 2.96. The van der Waals surface area contributed by atoms with Crippen molar-refractivity contribution in [1.82, 2.24) is 10.2 Å². The van der Waals surface area contributed by atoms with Crippen molar-refractivity contribution in [2.24, 2.45) is 5.92 Å². The number of ether oxygens (including phenoxy) is 2. The average Bonchev–Trinajstić information content (AvgIpc) is 3.04. The summed E-state index contributed by atoms with van der Waals surface area (Å²) in [5.74, 6) is 0.392. The molecule has 25 heavy (non-hydrogen) atoms. The van der Waals surface area contributed by atoms with Gasteiger partial charge in [0.2, 0.25) is 11.8 Å². The molecule has 2 saturated heterocycles. The maximum absolute atomic E-state index is 12.4. The summed E-state index contributed by atoms with van der Waals surface area (Å²) in [5.41, 5.74) is 0.800. The number of morpholine rings is 1. The van der Waals surface area contributed by atoms with E-state index in [9.17, 15) is 9.59 Å². The predicted octanol–water partition coefficient (Wildman–Crippen LogP) is 0.497. The van der Waals surface area contributed by atoms with Crippen LogP contribution in [0.2, 0.25) is 0 Å². The highest BCUT2D eigenvalue weighted by molar-refractivity contribution is 6.00. The van der Waals surface area contributed by atoms with Crippen LogP contribution in [0.4, 0.5) is 5.69 Å². The zero-order chi connectivity index (χ0) is 17.6. The number of hydrogen-bond acceptors (Lipinski definition) is 5. The Kier molecular flexibility index (Phi) is 5.88. The molecule has 0 aromatic heterocycles. The summed E-state index contributed by atoms with van der Waals surface area (Å²) in [6.45, 7) is 5.16. The van der Waals surface area contributed by atoms with Crippen molar-refractivity contribution in [2.45, 2.75) is 6.42 Å². The molecule has 0 spiro atoms. The molecule has 0 bridgehead atoms. The fourth-order valence-electron chi connectivity index (χ4n) is 3.20. The highest BCUT2D eigenvalue weighted by Crippen LogP contribution is 2.26. The lowest BCUT2D eigenvalue weighted by molar-refractivity contribution is -0.126. The molecule has 1 aromatic carbocycles. The summed E-state index contributed by atoms with van der Waals surface area (Å²) in [6, 6.07) is 7.32. The Morgan fingerprint density at radius 1 is 1.28 bits per heavy atom. The van der Waals surface area contributed by atoms with Gasteiger partial charge in [0.25, 0.3) is 0 Å². The lowest BCUT2D eigenvalue weighted by Crippen LogP contribution is -2.42. The first-order valence-corrected chi connectivity index (χ1v) is 8.69. The summed E-state index contributed by atoms with van der Waals surface area (Å²) in [7, 11) is 1.60. The number of carbonyl (C=O) groups is 2. The Labute approximate surface area is 147 Å². The van der Waals surface area contributed by atoms with E-state index in [1.807, 2.05) is 24.3 Å². The van der Waals surface area contributed by atoms with Crippen LogP contribution in [0.3, 0.4) is 0 Å². The average molecular weight is 347 g/mol. The predicted molar refractivity (Wildman–Crippen MR) is 93.7 cm³/mol. The lowest BCUT2D eigenvalue weighted by atomic mass is 10.1. The van der Waals surface area contributed by atoms with E-state index in [0.717, 1.165) is 44.3 Å². The van der Waals surface area contributed by atoms with Crippen molar-refractivity contribution in [3.8, 4) is 5.75 Å². The van der Waals surface area contributed by atoms with E-state index in [1.165, 1.54) is 0 Å². The molecule has 0 aliphatic carbocycles. The molecule has 1 atom stereocenters. The molecular weight excluding hydrogens is 322 g/mol. The first kappa shape index (κ1) is 17.7. The number of amides is 2. The minimum Gasteiger partial charge on any atom is -0.497 e. The first-order valence-electron chi connectivity index (χ1n) is 8.69. The van der Waals surface area contributed by atoms with Crippen molar-refractivity contribution >= 4 is 17.5 Å². The van der Waals surface area contributed by atoms with Crippen LogP contribution in [0.1, 0.15) is 6.42 Å². The van der Waals surface area contributed by atoms with Crippen LogP contribution in [0.25, 0.3) is 0 Å². The molecule has 1 aromatic rings. The van der Waals surface area contributed by atoms with Crippen LogP contribution >= 0.6 is 0 Å². The minimum absolute atomic E-state index is 0.0153. The topological polar surface area (TPSA) is 71.1 Å². The van der Waals surface area contributed by atoms with Crippen molar-refractivity contribution in [3.63, 3.8) is 0 Å². The zero-order valence-electron chi connectivity index (χ0n) is 14.6. The maximum atomic E-state index is 12.4. The van der Waals surface area contributed by atoms with Gasteiger partial charge in [-0.3, -0.25) is 14.5 Å². The van der Waals surface area contributed by atoms with Gasteiger partial charge in [-0.05, 0) is 24.3 Å². The standard InChI is InChI=1S/C18H25N3O4/c1-24-16-4-2-15(3-5-16)21-13-14(12-17(21)22)18(23)19-6-7-20-8-10-25-11-9-20/h2-5,14H,6-13H2,1H3,(H,19,23). The molecule has 136 valence electrons. The quantitative estimate of drug-likeness (QED) is 0.811. The molecule has 0 saturated carbocycles. The van der Waals surface area contributed by atoms with Gasteiger partial charge in [0, 0.05) is 44.8 Å². The third-order valence-corrected chi connectivity index (χ3v) is 4.71. The van der Waals surface area contributed by atoms with Crippen LogP contribution < -0.4 is 15.0 Å². The second-order valence-corrected chi connectivity index (χ2v) is 6.35. The SMILES string of the molecule is COc1ccc(N2CC(C(=O)NCCN3CCOCC3)CC2=O)cc1. The van der Waals surface area contributed by atoms with E-state index in [4.69, 9.17) is 9.47 Å². The Morgan fingerprint density at radius 2 is 2.00 bits per heavy atom. The number of rotatable bonds is 6. The van der Waals surface area contributed by atoms with Gasteiger partial charge >= 0.3 is 0 Å². The summed E-state index contributed by atoms with van der Waals surface area (Å²) < 4.78 is 10.4. The van der Waals surface area contributed by atoms with Gasteiger partial charge in [-0.2, -0.15) is 0 Å². The van der Waals surface area contributed by atoms with E-state index in [2.05, 4.69) is 10.2 Å². The zero-order valence-corrected chi connectivity index (χ0v) is 14.6. The molecule has 1 unspecified atom stereocenters. The van der Waals surface area contributed by atoms with Crippen LogP contribution in [0.15, 0.2) is 24.3 Å². The molecule has 1 N–H and O–H groups in total. The second-order valence-electron chi connectivity index (χ2n) is 6.35. The van der Waals surface area contributed by atoms with Crippen molar-refractivity contribution < 1.29 is 19.1 Å². The van der Waals surface area contributed by atoms with Crippen LogP contribution in [-0.2, 0) is 14.3 Å². The van der Waals surface area contributed by atoms with E-state index in [1.54, 1.807) is 12.0 Å². The largest absolute Gasteiger partial charge is 0.497 e. The highest BCUT2D eigenvalue weighted by atomic mass is 16.5. The molecule has 2 heterocycles. The first-order chi connectivity index (χ1) is 12.2. The lowest BCUT2D eigenvalue weighted by Gasteiger charge is -2.26. The number of methoxy groups -OCH3 is 1. The molecule has 2 amide bonds. The fraction of sp³-hybridized carbons (Fsp3) is 0.556. The van der Waals surface area contributed by atoms with Gasteiger partial charge in [-0.1, -0.05) is 0 Å². The molecule has 3 rings (SSSR count). The molecule has 2 aliphatic heterocycles. The highest BCUT2D eigenvalue weighted by Gasteiger charge is 2.35. The number of anilines is 1. The Bertz CT molecular complexity index is 599. The smallest absolute Gasteiger partial charge is 0.227 e. The van der Waals surface area contributed by atoms with Crippen molar-refractivity contribution in [1.29, 1.82) is 0 Å². The third kappa shape index (κ3) is 4.49. The van der Waals surface area contributed by atoms with E-state index < -0.39 is 0 Å². The Morgan fingerprint density at radius 3 is 2.68 bits per heavy atom. The molecule has 0 radical (unpaired) electrons. The van der Waals surface area contributed by atoms with Gasteiger partial charge in [0.1, 0.15) is 5.75 Å². The van der Waals surface area contributed by atoms with E-state index in [0.29, 0.717) is 13.1 Å². The number of hydrogen-bond donors (Lipinski definition) is 1. The van der Waals surface area contributed by atoms with Crippen molar-refractivity contribution in [2.75, 3.05) is 57.9 Å². The van der Waals surface area contributed by atoms with Gasteiger partial charge in [0.05, 0.1) is 26.2 Å². The number of nitrogens with one attached hydrogen (secondary N) is 1. The van der Waals surface area contributed by atoms with Gasteiger partial charge in [0.15, 0.2) is 0 Å². The molecule has 2 aliphatic rings. The summed E-state index contributed by atoms with van der Waals surface area (Å²) in [6.07, 6.45) is 0.259. The maximum Gasteiger partial charge on any atom is 0.227 e. The second kappa shape index (κ2) is 8.31. The monoisotopic (exact) mass is 347 g/mol. The van der Waals surface area contributed by atoms with Crippen LogP contribution in [0, 0.1) is 5.92 Å². The Hall–Kier alpha value is -2.12. The number of nitrogens with zero attached hydrogens (tertiary/aromatic N) is 2. The van der Waals surface area contributed by atoms with E-state index >= 15 is 0 Å². The molecular formula is C18H25N3O4. The number of benzene rings is 1. The minimum atomic E-state index is -0.292. The normalized spacial score (nSPS) is 21.4. The van der Waals surface area contributed by atoms with Gasteiger partial charge in [-0.15, -0.1) is 0 Å². The summed E-state index contributed by atoms with van der Waals surface area (Å²) in [4.78, 5) is 28.6.